The molecule has 1 aromatic carbocycles. The van der Waals surface area contributed by atoms with Crippen molar-refractivity contribution in [2.24, 2.45) is 5.73 Å². The Morgan fingerprint density at radius 1 is 1.54 bits per heavy atom. The lowest BCUT2D eigenvalue weighted by Crippen LogP contribution is -2.23. The van der Waals surface area contributed by atoms with E-state index < -0.39 is 12.1 Å². The molecule has 0 saturated heterocycles. The number of halogens is 2. The summed E-state index contributed by atoms with van der Waals surface area (Å²) in [5.74, 6) is -0.326. The molecule has 0 aliphatic rings. The van der Waals surface area contributed by atoms with Crippen LogP contribution in [0.4, 0.5) is 4.39 Å². The van der Waals surface area contributed by atoms with Gasteiger partial charge in [-0.25, -0.2) is 4.39 Å². The highest BCUT2D eigenvalue weighted by molar-refractivity contribution is 9.10. The predicted molar refractivity (Wildman–Crippen MR) is 52.7 cm³/mol. The molecule has 0 fully saturated rings. The summed E-state index contributed by atoms with van der Waals surface area (Å²) in [6.45, 7) is 1.60. The summed E-state index contributed by atoms with van der Waals surface area (Å²) in [7, 11) is 0. The Hall–Kier alpha value is -0.450. The van der Waals surface area contributed by atoms with Crippen molar-refractivity contribution in [1.29, 1.82) is 0 Å². The fraction of sp³-hybridized carbons (Fsp3) is 0.333. The zero-order chi connectivity index (χ0) is 10.0. The first kappa shape index (κ1) is 10.6. The number of nitrogens with two attached hydrogens (primary N) is 1. The molecule has 2 nitrogen and oxygen atoms in total. The van der Waals surface area contributed by atoms with Gasteiger partial charge in [0.1, 0.15) is 5.82 Å². The van der Waals surface area contributed by atoms with Gasteiger partial charge in [0.2, 0.25) is 0 Å². The molecule has 1 rings (SSSR count). The van der Waals surface area contributed by atoms with E-state index in [1.54, 1.807) is 13.0 Å². The van der Waals surface area contributed by atoms with Gasteiger partial charge >= 0.3 is 0 Å². The van der Waals surface area contributed by atoms with Crippen LogP contribution in [0.1, 0.15) is 18.5 Å². The molecule has 1 aromatic rings. The molecule has 0 amide bonds. The molecule has 0 saturated carbocycles. The van der Waals surface area contributed by atoms with E-state index in [2.05, 4.69) is 15.9 Å². The van der Waals surface area contributed by atoms with Crippen molar-refractivity contribution in [1.82, 2.24) is 0 Å². The van der Waals surface area contributed by atoms with Crippen molar-refractivity contribution >= 4 is 15.9 Å². The zero-order valence-electron chi connectivity index (χ0n) is 7.17. The van der Waals surface area contributed by atoms with Gasteiger partial charge in [-0.3, -0.25) is 0 Å². The van der Waals surface area contributed by atoms with Gasteiger partial charge in [0.15, 0.2) is 0 Å². The maximum atomic E-state index is 12.7. The van der Waals surface area contributed by atoms with Gasteiger partial charge < -0.3 is 10.8 Å². The summed E-state index contributed by atoms with van der Waals surface area (Å²) in [6, 6.07) is 3.73. The monoisotopic (exact) mass is 247 g/mol. The summed E-state index contributed by atoms with van der Waals surface area (Å²) in [6.07, 6.45) is -0.651. The Labute approximate surface area is 84.7 Å². The third kappa shape index (κ3) is 2.49. The Morgan fingerprint density at radius 3 is 2.62 bits per heavy atom. The Balaban J connectivity index is 3.01. The average Bonchev–Trinajstić information content (AvgIpc) is 2.03. The number of rotatable bonds is 2. The first-order chi connectivity index (χ1) is 6.02. The summed E-state index contributed by atoms with van der Waals surface area (Å²) in [5, 5.41) is 9.23. The van der Waals surface area contributed by atoms with Crippen LogP contribution in [0.15, 0.2) is 22.7 Å². The van der Waals surface area contributed by atoms with Crippen molar-refractivity contribution < 1.29 is 9.50 Å². The number of aliphatic hydroxyl groups excluding tert-OH is 1. The van der Waals surface area contributed by atoms with E-state index in [1.807, 2.05) is 0 Å². The second-order valence-corrected chi connectivity index (χ2v) is 3.79. The predicted octanol–water partition coefficient (Wildman–Crippen LogP) is 1.97. The standard InChI is InChI=1S/C9H11BrFNO/c1-5(13)9(12)7-3-2-6(11)4-8(7)10/h2-5,9,13H,12H2,1H3/t5-,9-/m1/s1. The quantitative estimate of drug-likeness (QED) is 0.840. The minimum atomic E-state index is -0.651. The number of benzene rings is 1. The zero-order valence-corrected chi connectivity index (χ0v) is 8.75. The van der Waals surface area contributed by atoms with Gasteiger partial charge in [0.05, 0.1) is 12.1 Å². The van der Waals surface area contributed by atoms with Crippen LogP contribution < -0.4 is 5.73 Å². The van der Waals surface area contributed by atoms with Crippen LogP contribution >= 0.6 is 15.9 Å². The van der Waals surface area contributed by atoms with E-state index in [-0.39, 0.29) is 5.82 Å². The van der Waals surface area contributed by atoms with E-state index in [1.165, 1.54) is 12.1 Å². The Morgan fingerprint density at radius 2 is 2.15 bits per heavy atom. The fourth-order valence-corrected chi connectivity index (χ4v) is 1.65. The highest BCUT2D eigenvalue weighted by Crippen LogP contribution is 2.24. The summed E-state index contributed by atoms with van der Waals surface area (Å²) >= 11 is 3.18. The topological polar surface area (TPSA) is 46.2 Å². The Kier molecular flexibility index (Phi) is 3.41. The normalized spacial score (nSPS) is 15.5. The van der Waals surface area contributed by atoms with E-state index >= 15 is 0 Å². The molecule has 2 atom stereocenters. The number of hydrogen-bond donors (Lipinski definition) is 2. The van der Waals surface area contributed by atoms with E-state index in [0.29, 0.717) is 10.0 Å². The smallest absolute Gasteiger partial charge is 0.124 e. The molecule has 0 aliphatic heterocycles. The molecule has 0 spiro atoms. The third-order valence-corrected chi connectivity index (χ3v) is 2.53. The lowest BCUT2D eigenvalue weighted by Gasteiger charge is -2.16. The van der Waals surface area contributed by atoms with Crippen molar-refractivity contribution in [3.05, 3.63) is 34.1 Å². The highest BCUT2D eigenvalue weighted by atomic mass is 79.9. The Bertz CT molecular complexity index is 304. The molecular formula is C9H11BrFNO. The maximum Gasteiger partial charge on any atom is 0.124 e. The van der Waals surface area contributed by atoms with Gasteiger partial charge in [-0.2, -0.15) is 0 Å². The third-order valence-electron chi connectivity index (χ3n) is 1.84. The highest BCUT2D eigenvalue weighted by Gasteiger charge is 2.14. The molecule has 0 aliphatic carbocycles. The van der Waals surface area contributed by atoms with Crippen molar-refractivity contribution in [3.8, 4) is 0 Å². The van der Waals surface area contributed by atoms with Crippen LogP contribution in [0.25, 0.3) is 0 Å². The number of hydrogen-bond acceptors (Lipinski definition) is 2. The van der Waals surface area contributed by atoms with Crippen LogP contribution in [0.3, 0.4) is 0 Å². The molecule has 4 heteroatoms. The summed E-state index contributed by atoms with van der Waals surface area (Å²) < 4.78 is 13.3. The number of aliphatic hydroxyl groups is 1. The second kappa shape index (κ2) is 4.17. The second-order valence-electron chi connectivity index (χ2n) is 2.93. The molecular weight excluding hydrogens is 237 g/mol. The van der Waals surface area contributed by atoms with Gasteiger partial charge in [0, 0.05) is 4.47 Å². The van der Waals surface area contributed by atoms with Crippen LogP contribution in [-0.2, 0) is 0 Å². The van der Waals surface area contributed by atoms with Crippen LogP contribution in [0, 0.1) is 5.82 Å². The molecule has 72 valence electrons. The molecule has 0 aromatic heterocycles. The van der Waals surface area contributed by atoms with E-state index in [0.717, 1.165) is 0 Å². The van der Waals surface area contributed by atoms with Crippen molar-refractivity contribution in [3.63, 3.8) is 0 Å². The summed E-state index contributed by atoms with van der Waals surface area (Å²) in [5.41, 5.74) is 6.39. The van der Waals surface area contributed by atoms with Crippen molar-refractivity contribution in [2.75, 3.05) is 0 Å². The van der Waals surface area contributed by atoms with Crippen molar-refractivity contribution in [2.45, 2.75) is 19.1 Å². The van der Waals surface area contributed by atoms with Crippen LogP contribution in [0.2, 0.25) is 0 Å². The molecule has 0 unspecified atom stereocenters. The van der Waals surface area contributed by atoms with Crippen LogP contribution in [-0.4, -0.2) is 11.2 Å². The summed E-state index contributed by atoms with van der Waals surface area (Å²) in [4.78, 5) is 0. The molecule has 0 bridgehead atoms. The van der Waals surface area contributed by atoms with Gasteiger partial charge in [-0.05, 0) is 24.6 Å². The SMILES string of the molecule is C[C@@H](O)[C@@H](N)c1ccc(F)cc1Br. The van der Waals surface area contributed by atoms with Gasteiger partial charge in [-0.1, -0.05) is 22.0 Å². The first-order valence-electron chi connectivity index (χ1n) is 3.91. The van der Waals surface area contributed by atoms with Gasteiger partial charge in [-0.15, -0.1) is 0 Å². The molecule has 0 radical (unpaired) electrons. The molecule has 13 heavy (non-hydrogen) atoms. The lowest BCUT2D eigenvalue weighted by atomic mass is 10.0. The van der Waals surface area contributed by atoms with E-state index in [9.17, 15) is 9.50 Å². The van der Waals surface area contributed by atoms with E-state index in [4.69, 9.17) is 5.73 Å². The van der Waals surface area contributed by atoms with Gasteiger partial charge in [0.25, 0.3) is 0 Å². The van der Waals surface area contributed by atoms with Crippen LogP contribution in [0.5, 0.6) is 0 Å². The lowest BCUT2D eigenvalue weighted by molar-refractivity contribution is 0.164. The maximum absolute atomic E-state index is 12.7. The molecule has 3 N–H and O–H groups in total. The minimum absolute atomic E-state index is 0.326. The minimum Gasteiger partial charge on any atom is -0.391 e. The molecule has 0 heterocycles. The first-order valence-corrected chi connectivity index (χ1v) is 4.70. The fourth-order valence-electron chi connectivity index (χ4n) is 1.03. The average molecular weight is 248 g/mol. The largest absolute Gasteiger partial charge is 0.391 e.